The molecule has 2 atom stereocenters. The average molecular weight is 314 g/mol. The van der Waals surface area contributed by atoms with Gasteiger partial charge in [0, 0.05) is 23.9 Å². The minimum atomic E-state index is -0.283. The first kappa shape index (κ1) is 15.6. The molecule has 4 nitrogen and oxygen atoms in total. The van der Waals surface area contributed by atoms with Gasteiger partial charge in [0.15, 0.2) is 0 Å². The van der Waals surface area contributed by atoms with Gasteiger partial charge in [-0.3, -0.25) is 4.79 Å². The third kappa shape index (κ3) is 3.74. The molecule has 120 valence electrons. The molecule has 1 N–H and O–H groups in total. The summed E-state index contributed by atoms with van der Waals surface area (Å²) in [5.41, 5.74) is 1.53. The molecule has 0 unspecified atom stereocenters. The van der Waals surface area contributed by atoms with Crippen molar-refractivity contribution in [1.82, 2.24) is 10.3 Å². The molecule has 23 heavy (non-hydrogen) atoms. The number of ketones is 1. The summed E-state index contributed by atoms with van der Waals surface area (Å²) in [4.78, 5) is 15.7. The number of pyridine rings is 1. The first-order chi connectivity index (χ1) is 11.1. The molecule has 0 spiro atoms. The maximum atomic E-state index is 13.5. The lowest BCUT2D eigenvalue weighted by molar-refractivity contribution is -0.118. The Labute approximate surface area is 134 Å². The van der Waals surface area contributed by atoms with Crippen LogP contribution in [0.4, 0.5) is 4.39 Å². The number of Topliss-reactive ketones (excluding diaryl/α,β-unsaturated/α-hetero) is 1. The quantitative estimate of drug-likeness (QED) is 0.921. The number of ether oxygens (including phenoxy) is 1. The van der Waals surface area contributed by atoms with Gasteiger partial charge in [-0.15, -0.1) is 0 Å². The fraction of sp³-hybridized carbons (Fsp3) is 0.333. The van der Waals surface area contributed by atoms with Crippen LogP contribution in [0.1, 0.15) is 36.9 Å². The lowest BCUT2D eigenvalue weighted by Crippen LogP contribution is -2.30. The molecule has 0 bridgehead atoms. The van der Waals surface area contributed by atoms with Crippen molar-refractivity contribution < 1.29 is 13.9 Å². The van der Waals surface area contributed by atoms with Crippen molar-refractivity contribution in [2.45, 2.75) is 38.5 Å². The Morgan fingerprint density at radius 2 is 2.13 bits per heavy atom. The summed E-state index contributed by atoms with van der Waals surface area (Å²) in [7, 11) is 0. The van der Waals surface area contributed by atoms with E-state index in [-0.39, 0.29) is 30.3 Å². The van der Waals surface area contributed by atoms with Crippen molar-refractivity contribution in [2.75, 3.05) is 0 Å². The van der Waals surface area contributed by atoms with Crippen LogP contribution in [0.25, 0.3) is 0 Å². The first-order valence-electron chi connectivity index (χ1n) is 7.72. The highest BCUT2D eigenvalue weighted by molar-refractivity contribution is 5.81. The average Bonchev–Trinajstić information content (AvgIpc) is 3.05. The highest BCUT2D eigenvalue weighted by atomic mass is 19.1. The number of carbonyl (C=O) groups is 1. The maximum absolute atomic E-state index is 13.5. The topological polar surface area (TPSA) is 51.2 Å². The van der Waals surface area contributed by atoms with Crippen LogP contribution >= 0.6 is 0 Å². The van der Waals surface area contributed by atoms with E-state index in [1.807, 2.05) is 6.07 Å². The van der Waals surface area contributed by atoms with Gasteiger partial charge in [0.25, 0.3) is 0 Å². The van der Waals surface area contributed by atoms with Crippen LogP contribution in [0.3, 0.4) is 0 Å². The molecule has 1 aliphatic rings. The maximum Gasteiger partial charge on any atom is 0.213 e. The van der Waals surface area contributed by atoms with Crippen LogP contribution in [0.15, 0.2) is 42.6 Å². The largest absolute Gasteiger partial charge is 0.473 e. The van der Waals surface area contributed by atoms with Crippen LogP contribution in [-0.2, 0) is 11.4 Å². The monoisotopic (exact) mass is 314 g/mol. The second kappa shape index (κ2) is 6.87. The summed E-state index contributed by atoms with van der Waals surface area (Å²) in [5.74, 6) is 0.345. The van der Waals surface area contributed by atoms with E-state index in [0.29, 0.717) is 11.4 Å². The Kier molecular flexibility index (Phi) is 4.67. The third-order valence-corrected chi connectivity index (χ3v) is 4.13. The predicted octanol–water partition coefficient (Wildman–Crippen LogP) is 3.18. The van der Waals surface area contributed by atoms with E-state index in [0.717, 1.165) is 18.4 Å². The predicted molar refractivity (Wildman–Crippen MR) is 84.5 cm³/mol. The standard InChI is InChI=1S/C18H19FN2O2/c1-12(22)16-7-8-17(21-16)13-6-9-18(20-10-13)23-11-14-4-2-3-5-15(14)19/h2-6,9-10,16-17,21H,7-8,11H2,1H3/t16-,17+/m0/s1. The second-order valence-corrected chi connectivity index (χ2v) is 5.77. The van der Waals surface area contributed by atoms with E-state index in [4.69, 9.17) is 4.74 Å². The van der Waals surface area contributed by atoms with Gasteiger partial charge in [0.2, 0.25) is 5.88 Å². The summed E-state index contributed by atoms with van der Waals surface area (Å²) in [6, 6.07) is 10.3. The molecule has 0 saturated carbocycles. The molecular weight excluding hydrogens is 295 g/mol. The van der Waals surface area contributed by atoms with Crippen molar-refractivity contribution >= 4 is 5.78 Å². The summed E-state index contributed by atoms with van der Waals surface area (Å²) in [6.45, 7) is 1.76. The minimum Gasteiger partial charge on any atom is -0.473 e. The van der Waals surface area contributed by atoms with E-state index in [1.54, 1.807) is 37.4 Å². The van der Waals surface area contributed by atoms with E-state index < -0.39 is 0 Å². The fourth-order valence-electron chi connectivity index (χ4n) is 2.78. The Hall–Kier alpha value is -2.27. The number of carbonyl (C=O) groups excluding carboxylic acids is 1. The molecule has 0 aliphatic carbocycles. The molecule has 1 aromatic carbocycles. The number of hydrogen-bond acceptors (Lipinski definition) is 4. The number of rotatable bonds is 5. The molecule has 1 aliphatic heterocycles. The number of benzene rings is 1. The molecule has 5 heteroatoms. The van der Waals surface area contributed by atoms with Crippen molar-refractivity contribution in [3.63, 3.8) is 0 Å². The van der Waals surface area contributed by atoms with Crippen molar-refractivity contribution in [3.8, 4) is 5.88 Å². The van der Waals surface area contributed by atoms with Gasteiger partial charge >= 0.3 is 0 Å². The zero-order valence-corrected chi connectivity index (χ0v) is 13.0. The number of aromatic nitrogens is 1. The smallest absolute Gasteiger partial charge is 0.213 e. The van der Waals surface area contributed by atoms with E-state index >= 15 is 0 Å². The molecule has 1 aromatic heterocycles. The highest BCUT2D eigenvalue weighted by Crippen LogP contribution is 2.27. The summed E-state index contributed by atoms with van der Waals surface area (Å²) >= 11 is 0. The van der Waals surface area contributed by atoms with Crippen molar-refractivity contribution in [1.29, 1.82) is 0 Å². The van der Waals surface area contributed by atoms with E-state index in [1.165, 1.54) is 6.07 Å². The van der Waals surface area contributed by atoms with Gasteiger partial charge in [0.1, 0.15) is 18.2 Å². The van der Waals surface area contributed by atoms with Crippen LogP contribution in [0.2, 0.25) is 0 Å². The highest BCUT2D eigenvalue weighted by Gasteiger charge is 2.27. The second-order valence-electron chi connectivity index (χ2n) is 5.77. The van der Waals surface area contributed by atoms with Crippen molar-refractivity contribution in [3.05, 3.63) is 59.5 Å². The molecule has 0 amide bonds. The Bertz CT molecular complexity index is 688. The summed E-state index contributed by atoms with van der Waals surface area (Å²) < 4.78 is 19.1. The zero-order chi connectivity index (χ0) is 16.2. The Balaban J connectivity index is 1.59. The van der Waals surface area contributed by atoms with E-state index in [2.05, 4.69) is 10.3 Å². The van der Waals surface area contributed by atoms with Crippen LogP contribution in [-0.4, -0.2) is 16.8 Å². The first-order valence-corrected chi connectivity index (χ1v) is 7.72. The van der Waals surface area contributed by atoms with Gasteiger partial charge in [-0.2, -0.15) is 0 Å². The number of nitrogens with one attached hydrogen (secondary N) is 1. The van der Waals surface area contributed by atoms with Crippen LogP contribution in [0, 0.1) is 5.82 Å². The van der Waals surface area contributed by atoms with Crippen LogP contribution in [0.5, 0.6) is 5.88 Å². The molecular formula is C18H19FN2O2. The van der Waals surface area contributed by atoms with Crippen molar-refractivity contribution in [2.24, 2.45) is 0 Å². The number of hydrogen-bond donors (Lipinski definition) is 1. The molecule has 2 heterocycles. The molecule has 1 fully saturated rings. The fourth-order valence-corrected chi connectivity index (χ4v) is 2.78. The molecule has 1 saturated heterocycles. The summed E-state index contributed by atoms with van der Waals surface area (Å²) in [5, 5.41) is 3.31. The normalized spacial score (nSPS) is 20.4. The van der Waals surface area contributed by atoms with E-state index in [9.17, 15) is 9.18 Å². The van der Waals surface area contributed by atoms with Crippen LogP contribution < -0.4 is 10.1 Å². The lowest BCUT2D eigenvalue weighted by Gasteiger charge is -2.13. The number of nitrogens with zero attached hydrogens (tertiary/aromatic N) is 1. The SMILES string of the molecule is CC(=O)[C@@H]1CC[C@H](c2ccc(OCc3ccccc3F)nc2)N1. The minimum absolute atomic E-state index is 0.0583. The third-order valence-electron chi connectivity index (χ3n) is 4.13. The molecule has 2 aromatic rings. The van der Waals surface area contributed by atoms with Gasteiger partial charge in [-0.1, -0.05) is 24.3 Å². The van der Waals surface area contributed by atoms with Gasteiger partial charge in [0.05, 0.1) is 6.04 Å². The van der Waals surface area contributed by atoms with Gasteiger partial charge < -0.3 is 10.1 Å². The number of halogens is 1. The van der Waals surface area contributed by atoms with Gasteiger partial charge in [-0.05, 0) is 31.4 Å². The zero-order valence-electron chi connectivity index (χ0n) is 13.0. The molecule has 3 rings (SSSR count). The van der Waals surface area contributed by atoms with Gasteiger partial charge in [-0.25, -0.2) is 9.37 Å². The Morgan fingerprint density at radius 3 is 2.78 bits per heavy atom. The lowest BCUT2D eigenvalue weighted by atomic mass is 10.1. The summed E-state index contributed by atoms with van der Waals surface area (Å²) in [6.07, 6.45) is 3.52. The Morgan fingerprint density at radius 1 is 1.30 bits per heavy atom. The molecule has 0 radical (unpaired) electrons.